The zero-order valence-electron chi connectivity index (χ0n) is 25.1. The Morgan fingerprint density at radius 2 is 1.50 bits per heavy atom. The lowest BCUT2D eigenvalue weighted by Crippen LogP contribution is -2.60. The minimum absolute atomic E-state index is 0.0492. The summed E-state index contributed by atoms with van der Waals surface area (Å²) in [5.41, 5.74) is 8.09. The Balaban J connectivity index is 1.41. The number of amides is 2. The van der Waals surface area contributed by atoms with Gasteiger partial charge in [0.05, 0.1) is 0 Å². The van der Waals surface area contributed by atoms with Gasteiger partial charge in [0.2, 0.25) is 11.8 Å². The molecule has 42 heavy (non-hydrogen) atoms. The molecule has 0 aliphatic carbocycles. The van der Waals surface area contributed by atoms with Crippen LogP contribution in [0.15, 0.2) is 48.5 Å². The summed E-state index contributed by atoms with van der Waals surface area (Å²) in [6.07, 6.45) is 2.28. The fraction of sp³-hybridized carbons (Fsp3) is 0.562. The number of hydrazine groups is 1. The molecule has 230 valence electrons. The lowest BCUT2D eigenvalue weighted by molar-refractivity contribution is -0.140. The molecule has 2 heterocycles. The van der Waals surface area contributed by atoms with Crippen molar-refractivity contribution >= 4 is 35.0 Å². The SMILES string of the molecule is CC(C)CN(C1CCN(C(=O)[C@@H](Cc2ccc(Cl)cc2)NC(=O)CC(N)c2ccc(Cl)cc2)CC1)N1CCN(C)CC1. The molecule has 3 N–H and O–H groups in total. The Labute approximate surface area is 261 Å². The van der Waals surface area contributed by atoms with Crippen molar-refractivity contribution in [3.63, 3.8) is 0 Å². The number of carbonyl (C=O) groups excluding carboxylic acids is 2. The van der Waals surface area contributed by atoms with Gasteiger partial charge in [-0.05, 0) is 61.2 Å². The van der Waals surface area contributed by atoms with Gasteiger partial charge in [-0.2, -0.15) is 0 Å². The van der Waals surface area contributed by atoms with Crippen LogP contribution in [0.25, 0.3) is 0 Å². The van der Waals surface area contributed by atoms with Crippen LogP contribution in [0.5, 0.6) is 0 Å². The maximum absolute atomic E-state index is 13.9. The van der Waals surface area contributed by atoms with E-state index in [1.165, 1.54) is 0 Å². The largest absolute Gasteiger partial charge is 0.344 e. The number of likely N-dealkylation sites (N-methyl/N-ethyl adjacent to an activating group) is 1. The van der Waals surface area contributed by atoms with Gasteiger partial charge in [0.15, 0.2) is 0 Å². The predicted octanol–water partition coefficient (Wildman–Crippen LogP) is 4.22. The van der Waals surface area contributed by atoms with E-state index in [9.17, 15) is 9.59 Å². The fourth-order valence-corrected chi connectivity index (χ4v) is 6.12. The van der Waals surface area contributed by atoms with Crippen molar-refractivity contribution in [3.8, 4) is 0 Å². The number of piperazine rings is 1. The molecular weight excluding hydrogens is 571 g/mol. The molecule has 2 aliphatic heterocycles. The quantitative estimate of drug-likeness (QED) is 0.393. The molecule has 2 fully saturated rings. The lowest BCUT2D eigenvalue weighted by Gasteiger charge is -2.47. The number of hydrogen-bond donors (Lipinski definition) is 2. The van der Waals surface area contributed by atoms with Gasteiger partial charge in [0.1, 0.15) is 6.04 Å². The maximum Gasteiger partial charge on any atom is 0.245 e. The van der Waals surface area contributed by atoms with Crippen molar-refractivity contribution < 1.29 is 9.59 Å². The lowest BCUT2D eigenvalue weighted by atomic mass is 9.99. The molecule has 0 spiro atoms. The van der Waals surface area contributed by atoms with Crippen molar-refractivity contribution in [1.29, 1.82) is 0 Å². The summed E-state index contributed by atoms with van der Waals surface area (Å²) in [6, 6.07) is 13.8. The molecule has 2 saturated heterocycles. The first kappa shape index (κ1) is 32.7. The van der Waals surface area contributed by atoms with E-state index in [0.29, 0.717) is 41.5 Å². The van der Waals surface area contributed by atoms with Gasteiger partial charge in [-0.25, -0.2) is 10.0 Å². The summed E-state index contributed by atoms with van der Waals surface area (Å²) < 4.78 is 0. The van der Waals surface area contributed by atoms with Crippen LogP contribution in [0.3, 0.4) is 0 Å². The minimum Gasteiger partial charge on any atom is -0.344 e. The zero-order chi connectivity index (χ0) is 30.2. The first-order valence-electron chi connectivity index (χ1n) is 15.1. The van der Waals surface area contributed by atoms with E-state index < -0.39 is 12.1 Å². The molecule has 2 aromatic rings. The van der Waals surface area contributed by atoms with Crippen molar-refractivity contribution in [2.24, 2.45) is 11.7 Å². The summed E-state index contributed by atoms with van der Waals surface area (Å²) in [5.74, 6) is 0.257. The molecule has 2 atom stereocenters. The molecule has 4 rings (SSSR count). The maximum atomic E-state index is 13.9. The topological polar surface area (TPSA) is 85.1 Å². The molecule has 0 bridgehead atoms. The highest BCUT2D eigenvalue weighted by Gasteiger charge is 2.34. The number of nitrogens with one attached hydrogen (secondary N) is 1. The predicted molar refractivity (Wildman–Crippen MR) is 170 cm³/mol. The molecule has 10 heteroatoms. The van der Waals surface area contributed by atoms with Crippen LogP contribution >= 0.6 is 23.2 Å². The average Bonchev–Trinajstić information content (AvgIpc) is 2.97. The van der Waals surface area contributed by atoms with Crippen molar-refractivity contribution in [2.75, 3.05) is 52.9 Å². The van der Waals surface area contributed by atoms with Crippen LogP contribution in [-0.4, -0.2) is 96.6 Å². The van der Waals surface area contributed by atoms with Crippen LogP contribution in [0.1, 0.15) is 50.3 Å². The number of hydrogen-bond acceptors (Lipinski definition) is 6. The summed E-state index contributed by atoms with van der Waals surface area (Å²) >= 11 is 12.1. The van der Waals surface area contributed by atoms with Crippen LogP contribution in [-0.2, 0) is 16.0 Å². The average molecular weight is 618 g/mol. The zero-order valence-corrected chi connectivity index (χ0v) is 26.7. The van der Waals surface area contributed by atoms with Crippen molar-refractivity contribution in [1.82, 2.24) is 25.1 Å². The first-order chi connectivity index (χ1) is 20.1. The first-order valence-corrected chi connectivity index (χ1v) is 15.9. The smallest absolute Gasteiger partial charge is 0.245 e. The van der Waals surface area contributed by atoms with Gasteiger partial charge in [-0.3, -0.25) is 9.59 Å². The summed E-state index contributed by atoms with van der Waals surface area (Å²) in [6.45, 7) is 11.1. The second-order valence-electron chi connectivity index (χ2n) is 12.1. The summed E-state index contributed by atoms with van der Waals surface area (Å²) in [4.78, 5) is 31.4. The van der Waals surface area contributed by atoms with E-state index in [-0.39, 0.29) is 18.2 Å². The number of nitrogens with zero attached hydrogens (tertiary/aromatic N) is 4. The Hall–Kier alpha value is -2.20. The standard InChI is InChI=1S/C32H46Cl2N6O2/c1-23(2)22-40(39-18-16-37(3)17-19-39)28-12-14-38(15-13-28)32(42)30(20-24-4-8-26(33)9-5-24)36-31(41)21-29(35)25-6-10-27(34)11-7-25/h4-11,23,28-30H,12-22,35H2,1-3H3,(H,36,41)/t29?,30-/m1/s1. The van der Waals surface area contributed by atoms with Crippen LogP contribution in [0, 0.1) is 5.92 Å². The van der Waals surface area contributed by atoms with E-state index >= 15 is 0 Å². The molecule has 0 aromatic heterocycles. The number of benzene rings is 2. The summed E-state index contributed by atoms with van der Waals surface area (Å²) in [7, 11) is 2.18. The van der Waals surface area contributed by atoms with Crippen LogP contribution in [0.4, 0.5) is 0 Å². The molecule has 1 unspecified atom stereocenters. The molecule has 2 amide bonds. The number of likely N-dealkylation sites (tertiary alicyclic amines) is 1. The Morgan fingerprint density at radius 3 is 2.07 bits per heavy atom. The van der Waals surface area contributed by atoms with E-state index in [0.717, 1.165) is 56.7 Å². The fourth-order valence-electron chi connectivity index (χ4n) is 5.86. The van der Waals surface area contributed by atoms with Crippen LogP contribution < -0.4 is 11.1 Å². The highest BCUT2D eigenvalue weighted by Crippen LogP contribution is 2.23. The molecular formula is C32H46Cl2N6O2. The number of halogens is 2. The van der Waals surface area contributed by atoms with E-state index in [1.54, 1.807) is 12.1 Å². The molecule has 0 radical (unpaired) electrons. The monoisotopic (exact) mass is 616 g/mol. The Bertz CT molecular complexity index is 1150. The third-order valence-electron chi connectivity index (χ3n) is 8.28. The number of carbonyl (C=O) groups is 2. The normalized spacial score (nSPS) is 18.8. The third-order valence-corrected chi connectivity index (χ3v) is 8.79. The minimum atomic E-state index is -0.683. The van der Waals surface area contributed by atoms with Gasteiger partial charge in [-0.15, -0.1) is 0 Å². The number of nitrogens with two attached hydrogens (primary N) is 1. The third kappa shape index (κ3) is 9.40. The van der Waals surface area contributed by atoms with Crippen LogP contribution in [0.2, 0.25) is 10.0 Å². The van der Waals surface area contributed by atoms with Crippen molar-refractivity contribution in [2.45, 2.75) is 57.7 Å². The Kier molecular flexibility index (Phi) is 12.1. The second-order valence-corrected chi connectivity index (χ2v) is 13.0. The highest BCUT2D eigenvalue weighted by molar-refractivity contribution is 6.30. The highest BCUT2D eigenvalue weighted by atomic mass is 35.5. The van der Waals surface area contributed by atoms with Gasteiger partial charge in [-0.1, -0.05) is 61.3 Å². The van der Waals surface area contributed by atoms with Gasteiger partial charge in [0.25, 0.3) is 0 Å². The van der Waals surface area contributed by atoms with E-state index in [1.807, 2.05) is 41.3 Å². The Morgan fingerprint density at radius 1 is 0.929 bits per heavy atom. The molecule has 2 aromatic carbocycles. The van der Waals surface area contributed by atoms with Gasteiger partial charge in [0, 0.05) is 80.8 Å². The van der Waals surface area contributed by atoms with E-state index in [2.05, 4.69) is 41.1 Å². The molecule has 0 saturated carbocycles. The van der Waals surface area contributed by atoms with Gasteiger partial charge >= 0.3 is 0 Å². The number of piperidine rings is 1. The summed E-state index contributed by atoms with van der Waals surface area (Å²) in [5, 5.41) is 9.36. The number of rotatable bonds is 11. The molecule has 8 nitrogen and oxygen atoms in total. The van der Waals surface area contributed by atoms with Gasteiger partial charge < -0.3 is 20.9 Å². The van der Waals surface area contributed by atoms with E-state index in [4.69, 9.17) is 28.9 Å². The molecule has 2 aliphatic rings. The van der Waals surface area contributed by atoms with Crippen molar-refractivity contribution in [3.05, 3.63) is 69.7 Å². The second kappa shape index (κ2) is 15.5.